The smallest absolute Gasteiger partial charge is 0.180 e. The lowest BCUT2D eigenvalue weighted by atomic mass is 10.1. The predicted molar refractivity (Wildman–Crippen MR) is 89.0 cm³/mol. The van der Waals surface area contributed by atoms with Crippen LogP contribution >= 0.6 is 27.3 Å². The maximum absolute atomic E-state index is 12.2. The molecule has 2 heterocycles. The third kappa shape index (κ3) is 2.69. The number of rotatable bonds is 3. The predicted octanol–water partition coefficient (Wildman–Crippen LogP) is 2.73. The van der Waals surface area contributed by atoms with Crippen LogP contribution in [-0.2, 0) is 9.84 Å². The van der Waals surface area contributed by atoms with Gasteiger partial charge in [0.25, 0.3) is 0 Å². The van der Waals surface area contributed by atoms with Gasteiger partial charge in [0.1, 0.15) is 0 Å². The molecule has 22 heavy (non-hydrogen) atoms. The van der Waals surface area contributed by atoms with Crippen molar-refractivity contribution in [1.82, 2.24) is 4.98 Å². The summed E-state index contributed by atoms with van der Waals surface area (Å²) in [7, 11) is -3.50. The van der Waals surface area contributed by atoms with Gasteiger partial charge in [-0.05, 0) is 22.0 Å². The van der Waals surface area contributed by atoms with Crippen molar-refractivity contribution in [3.05, 3.63) is 28.4 Å². The normalized spacial score (nSPS) is 14.4. The number of hydrogen-bond acceptors (Lipinski definition) is 8. The highest BCUT2D eigenvalue weighted by molar-refractivity contribution is 9.10. The van der Waals surface area contributed by atoms with E-state index in [1.165, 1.54) is 11.3 Å². The molecule has 10 heteroatoms. The topological polar surface area (TPSA) is 110 Å². The number of nitrogen functional groups attached to an aromatic ring is 1. The molecule has 0 saturated heterocycles. The van der Waals surface area contributed by atoms with Crippen LogP contribution in [0.2, 0.25) is 0 Å². The maximum Gasteiger partial charge on any atom is 0.180 e. The van der Waals surface area contributed by atoms with E-state index in [1.807, 2.05) is 0 Å². The van der Waals surface area contributed by atoms with Gasteiger partial charge in [-0.25, -0.2) is 18.4 Å². The zero-order chi connectivity index (χ0) is 15.9. The summed E-state index contributed by atoms with van der Waals surface area (Å²) in [4.78, 5) is 9.06. The average molecular weight is 400 g/mol. The van der Waals surface area contributed by atoms with E-state index in [2.05, 4.69) is 36.1 Å². The van der Waals surface area contributed by atoms with E-state index >= 15 is 0 Å². The Balaban J connectivity index is 2.38. The molecular formula is C12H10BrN5O2S2. The minimum atomic E-state index is -3.50. The minimum Gasteiger partial charge on any atom is -0.375 e. The summed E-state index contributed by atoms with van der Waals surface area (Å²) in [5.74, 6) is 0.295. The number of sulfone groups is 1. The molecule has 0 bridgehead atoms. The number of anilines is 1. The van der Waals surface area contributed by atoms with Crippen LogP contribution in [0.4, 0.5) is 5.13 Å². The molecule has 0 atom stereocenters. The van der Waals surface area contributed by atoms with E-state index in [9.17, 15) is 8.42 Å². The monoisotopic (exact) mass is 399 g/mol. The Morgan fingerprint density at radius 2 is 2.14 bits per heavy atom. The summed E-state index contributed by atoms with van der Waals surface area (Å²) < 4.78 is 24.9. The number of nitrogens with two attached hydrogens (primary N) is 1. The van der Waals surface area contributed by atoms with Crippen LogP contribution < -0.4 is 5.73 Å². The number of nitrogens with zero attached hydrogens (tertiary/aromatic N) is 4. The first-order valence-corrected chi connectivity index (χ1v) is 9.54. The van der Waals surface area contributed by atoms with Gasteiger partial charge < -0.3 is 5.73 Å². The van der Waals surface area contributed by atoms with Gasteiger partial charge in [0.05, 0.1) is 9.77 Å². The van der Waals surface area contributed by atoms with Gasteiger partial charge in [-0.15, -0.1) is 5.11 Å². The summed E-state index contributed by atoms with van der Waals surface area (Å²) in [6, 6.07) is 3.47. The van der Waals surface area contributed by atoms with Gasteiger partial charge in [-0.3, -0.25) is 0 Å². The maximum atomic E-state index is 12.2. The van der Waals surface area contributed by atoms with E-state index in [0.29, 0.717) is 26.6 Å². The van der Waals surface area contributed by atoms with Crippen LogP contribution in [0.1, 0.15) is 5.56 Å². The lowest BCUT2D eigenvalue weighted by molar-refractivity contribution is 0.601. The highest BCUT2D eigenvalue weighted by Gasteiger charge is 2.26. The fourth-order valence-electron chi connectivity index (χ4n) is 2.12. The number of benzene rings is 1. The second-order valence-electron chi connectivity index (χ2n) is 4.50. The first kappa shape index (κ1) is 15.3. The molecule has 1 aromatic heterocycles. The van der Waals surface area contributed by atoms with Gasteiger partial charge in [0.15, 0.2) is 27.5 Å². The van der Waals surface area contributed by atoms with Crippen molar-refractivity contribution in [2.24, 2.45) is 15.2 Å². The van der Waals surface area contributed by atoms with E-state index in [1.54, 1.807) is 18.3 Å². The second kappa shape index (κ2) is 5.52. The number of aromatic nitrogens is 1. The Labute approximate surface area is 139 Å². The summed E-state index contributed by atoms with van der Waals surface area (Å²) in [6.07, 6.45) is 2.75. The number of azo groups is 1. The number of aliphatic imine (C=N–C) groups is 1. The molecular weight excluding hydrogens is 390 g/mol. The first-order valence-electron chi connectivity index (χ1n) is 6.04. The lowest BCUT2D eigenvalue weighted by Crippen LogP contribution is -2.09. The third-order valence-corrected chi connectivity index (χ3v) is 5.89. The molecule has 3 rings (SSSR count). The Bertz CT molecular complexity index is 918. The zero-order valence-corrected chi connectivity index (χ0v) is 14.5. The lowest BCUT2D eigenvalue weighted by Gasteiger charge is -2.12. The molecule has 114 valence electrons. The van der Waals surface area contributed by atoms with Crippen LogP contribution in [0.25, 0.3) is 10.4 Å². The highest BCUT2D eigenvalue weighted by Crippen LogP contribution is 2.38. The van der Waals surface area contributed by atoms with Crippen molar-refractivity contribution in [3.8, 4) is 10.4 Å². The van der Waals surface area contributed by atoms with Gasteiger partial charge in [-0.1, -0.05) is 17.4 Å². The Hall–Kier alpha value is -1.65. The van der Waals surface area contributed by atoms with Gasteiger partial charge in [0.2, 0.25) is 0 Å². The molecule has 2 N–H and O–H groups in total. The summed E-state index contributed by atoms with van der Waals surface area (Å²) in [5.41, 5.74) is 6.76. The summed E-state index contributed by atoms with van der Waals surface area (Å²) in [5, 5.41) is 8.17. The van der Waals surface area contributed by atoms with E-state index in [-0.39, 0.29) is 11.6 Å². The number of hydrogen-bond donors (Lipinski definition) is 1. The third-order valence-electron chi connectivity index (χ3n) is 2.94. The fraction of sp³-hybridized carbons (Fsp3) is 0.167. The van der Waals surface area contributed by atoms with Crippen LogP contribution in [0, 0.1) is 0 Å². The number of amidine groups is 1. The minimum absolute atomic E-state index is 0.136. The second-order valence-corrected chi connectivity index (χ2v) is 8.37. The number of thiazole rings is 1. The summed E-state index contributed by atoms with van der Waals surface area (Å²) in [6.45, 7) is 0.190. The Morgan fingerprint density at radius 3 is 2.68 bits per heavy atom. The van der Waals surface area contributed by atoms with Crippen molar-refractivity contribution in [3.63, 3.8) is 0 Å². The van der Waals surface area contributed by atoms with Gasteiger partial charge in [0, 0.05) is 28.1 Å². The van der Waals surface area contributed by atoms with Crippen LogP contribution in [0.5, 0.6) is 0 Å². The molecule has 7 nitrogen and oxygen atoms in total. The fourth-order valence-corrected chi connectivity index (χ4v) is 5.04. The van der Waals surface area contributed by atoms with Crippen molar-refractivity contribution >= 4 is 48.1 Å². The molecule has 0 unspecified atom stereocenters. The van der Waals surface area contributed by atoms with E-state index < -0.39 is 9.84 Å². The van der Waals surface area contributed by atoms with Crippen molar-refractivity contribution in [1.29, 1.82) is 0 Å². The summed E-state index contributed by atoms with van der Waals surface area (Å²) >= 11 is 4.57. The van der Waals surface area contributed by atoms with Gasteiger partial charge in [-0.2, -0.15) is 5.11 Å². The SMILES string of the molecule is CS(=O)(=O)c1c(Br)ccc(-c2cnc(N)s2)c1C1=NCN=N1. The zero-order valence-electron chi connectivity index (χ0n) is 11.3. The first-order chi connectivity index (χ1) is 10.4. The van der Waals surface area contributed by atoms with Crippen molar-refractivity contribution < 1.29 is 8.42 Å². The highest BCUT2D eigenvalue weighted by atomic mass is 79.9. The van der Waals surface area contributed by atoms with Gasteiger partial charge >= 0.3 is 0 Å². The standard InChI is InChI=1S/C12H10BrN5O2S2/c1-22(19,20)10-7(13)3-2-6(8-4-15-12(14)21-8)9(10)11-16-5-17-18-11/h2-4H,5H2,1H3,(H2,14,15). The van der Waals surface area contributed by atoms with Crippen LogP contribution in [0.15, 0.2) is 42.9 Å². The molecule has 0 saturated carbocycles. The van der Waals surface area contributed by atoms with Crippen molar-refractivity contribution in [2.75, 3.05) is 18.7 Å². The Morgan fingerprint density at radius 1 is 1.36 bits per heavy atom. The molecule has 1 aliphatic heterocycles. The number of halogens is 1. The molecule has 1 aliphatic rings. The van der Waals surface area contributed by atoms with Crippen LogP contribution in [0.3, 0.4) is 0 Å². The largest absolute Gasteiger partial charge is 0.375 e. The molecule has 0 spiro atoms. The van der Waals surface area contributed by atoms with Crippen LogP contribution in [-0.4, -0.2) is 32.2 Å². The Kier molecular flexibility index (Phi) is 3.83. The van der Waals surface area contributed by atoms with E-state index in [4.69, 9.17) is 5.73 Å². The molecule has 0 radical (unpaired) electrons. The molecule has 0 aliphatic carbocycles. The molecule has 2 aromatic rings. The molecule has 1 aromatic carbocycles. The molecule has 0 amide bonds. The quantitative estimate of drug-likeness (QED) is 0.854. The van der Waals surface area contributed by atoms with E-state index in [0.717, 1.165) is 11.1 Å². The molecule has 0 fully saturated rings. The van der Waals surface area contributed by atoms with Crippen molar-refractivity contribution in [2.45, 2.75) is 4.90 Å². The average Bonchev–Trinajstić information content (AvgIpc) is 3.07.